The zero-order valence-corrected chi connectivity index (χ0v) is 10.2. The second-order valence-corrected chi connectivity index (χ2v) is 4.44. The second-order valence-electron chi connectivity index (χ2n) is 4.44. The first-order valence-electron chi connectivity index (χ1n) is 5.64. The predicted octanol–water partition coefficient (Wildman–Crippen LogP) is 0.635. The fourth-order valence-electron chi connectivity index (χ4n) is 1.16. The molecule has 4 N–H and O–H groups in total. The van der Waals surface area contributed by atoms with Gasteiger partial charge in [0.25, 0.3) is 5.91 Å². The van der Waals surface area contributed by atoms with E-state index in [1.54, 1.807) is 0 Å². The highest BCUT2D eigenvalue weighted by molar-refractivity contribution is 5.81. The van der Waals surface area contributed by atoms with E-state index in [1.165, 1.54) is 0 Å². The van der Waals surface area contributed by atoms with E-state index in [0.717, 1.165) is 6.42 Å². The van der Waals surface area contributed by atoms with Crippen molar-refractivity contribution in [1.29, 1.82) is 0 Å². The average molecular weight is 216 g/mol. The number of hydrogen-bond acceptors (Lipinski definition) is 3. The van der Waals surface area contributed by atoms with Crippen LogP contribution in [0, 0.1) is 5.92 Å². The Morgan fingerprint density at radius 2 is 1.93 bits per heavy atom. The summed E-state index contributed by atoms with van der Waals surface area (Å²) in [6.45, 7) is 7.93. The Balaban J connectivity index is 4.09. The number of aliphatic hydroxyl groups excluding tert-OH is 1. The van der Waals surface area contributed by atoms with Gasteiger partial charge in [-0.1, -0.05) is 27.2 Å². The highest BCUT2D eigenvalue weighted by atomic mass is 16.3. The molecular weight excluding hydrogens is 192 g/mol. The minimum Gasteiger partial charge on any atom is -0.382 e. The van der Waals surface area contributed by atoms with Gasteiger partial charge in [-0.05, 0) is 19.3 Å². The molecular formula is C11H24N2O2. The van der Waals surface area contributed by atoms with Crippen molar-refractivity contribution in [3.05, 3.63) is 0 Å². The van der Waals surface area contributed by atoms with Crippen molar-refractivity contribution >= 4 is 5.91 Å². The molecule has 0 spiro atoms. The van der Waals surface area contributed by atoms with E-state index in [1.807, 2.05) is 27.7 Å². The minimum atomic E-state index is -1.09. The molecule has 0 aliphatic heterocycles. The van der Waals surface area contributed by atoms with Crippen LogP contribution in [0.3, 0.4) is 0 Å². The number of rotatable bonds is 6. The summed E-state index contributed by atoms with van der Waals surface area (Å²) in [7, 11) is 0. The number of aliphatic hydroxyl groups is 1. The summed E-state index contributed by atoms with van der Waals surface area (Å²) in [5.41, 5.74) is 5.67. The Hall–Kier alpha value is -0.610. The molecule has 90 valence electrons. The maximum Gasteiger partial charge on any atom is 0.250 e. The highest BCUT2D eigenvalue weighted by Crippen LogP contribution is 2.03. The quantitative estimate of drug-likeness (QED) is 0.610. The standard InChI is InChI=1S/C11H24N2O2/c1-5-6-9(12)10(14)11(15)13-8(4)7(2)3/h7-10,14H,5-6,12H2,1-4H3,(H,13,15)/t8-,9-,10?/m0/s1. The lowest BCUT2D eigenvalue weighted by Crippen LogP contribution is -2.49. The summed E-state index contributed by atoms with van der Waals surface area (Å²) in [6, 6.07) is -0.407. The Kier molecular flexibility index (Phi) is 6.52. The molecule has 4 heteroatoms. The van der Waals surface area contributed by atoms with E-state index < -0.39 is 12.1 Å². The molecule has 1 unspecified atom stereocenters. The van der Waals surface area contributed by atoms with Gasteiger partial charge in [0.2, 0.25) is 0 Å². The zero-order valence-electron chi connectivity index (χ0n) is 10.2. The first kappa shape index (κ1) is 14.4. The molecule has 0 heterocycles. The minimum absolute atomic E-state index is 0.0565. The molecule has 0 bridgehead atoms. The predicted molar refractivity (Wildman–Crippen MR) is 61.3 cm³/mol. The van der Waals surface area contributed by atoms with E-state index >= 15 is 0 Å². The Morgan fingerprint density at radius 3 is 2.33 bits per heavy atom. The number of nitrogens with one attached hydrogen (secondary N) is 1. The van der Waals surface area contributed by atoms with Gasteiger partial charge in [-0.25, -0.2) is 0 Å². The fourth-order valence-corrected chi connectivity index (χ4v) is 1.16. The molecule has 0 aliphatic rings. The van der Waals surface area contributed by atoms with Gasteiger partial charge in [-0.2, -0.15) is 0 Å². The third kappa shape index (κ3) is 5.14. The van der Waals surface area contributed by atoms with Crippen LogP contribution in [0.1, 0.15) is 40.5 Å². The van der Waals surface area contributed by atoms with Crippen LogP contribution in [0.15, 0.2) is 0 Å². The van der Waals surface area contributed by atoms with Gasteiger partial charge in [-0.15, -0.1) is 0 Å². The third-order valence-electron chi connectivity index (χ3n) is 2.67. The summed E-state index contributed by atoms with van der Waals surface area (Å²) < 4.78 is 0. The lowest BCUT2D eigenvalue weighted by atomic mass is 10.0. The van der Waals surface area contributed by atoms with E-state index in [4.69, 9.17) is 5.73 Å². The number of hydrogen-bond donors (Lipinski definition) is 3. The van der Waals surface area contributed by atoms with Crippen LogP contribution in [-0.2, 0) is 4.79 Å². The Bertz CT molecular complexity index is 195. The van der Waals surface area contributed by atoms with Crippen LogP contribution in [0.2, 0.25) is 0 Å². The van der Waals surface area contributed by atoms with Crippen molar-refractivity contribution in [3.63, 3.8) is 0 Å². The SMILES string of the molecule is CCC[C@H](N)C(O)C(=O)N[C@@H](C)C(C)C. The molecule has 0 saturated heterocycles. The van der Waals surface area contributed by atoms with Crippen molar-refractivity contribution in [2.75, 3.05) is 0 Å². The molecule has 4 nitrogen and oxygen atoms in total. The van der Waals surface area contributed by atoms with E-state index in [0.29, 0.717) is 12.3 Å². The number of nitrogens with two attached hydrogens (primary N) is 1. The van der Waals surface area contributed by atoms with Crippen LogP contribution in [-0.4, -0.2) is 29.2 Å². The maximum absolute atomic E-state index is 11.5. The molecule has 0 rings (SSSR count). The molecule has 0 fully saturated rings. The van der Waals surface area contributed by atoms with Crippen molar-refractivity contribution in [2.24, 2.45) is 11.7 Å². The van der Waals surface area contributed by atoms with Crippen molar-refractivity contribution in [2.45, 2.75) is 58.7 Å². The first-order chi connectivity index (χ1) is 6.90. The van der Waals surface area contributed by atoms with Gasteiger partial charge in [0.1, 0.15) is 6.10 Å². The third-order valence-corrected chi connectivity index (χ3v) is 2.67. The molecule has 0 saturated carbocycles. The molecule has 15 heavy (non-hydrogen) atoms. The molecule has 0 aromatic carbocycles. The summed E-state index contributed by atoms with van der Waals surface area (Å²) >= 11 is 0. The van der Waals surface area contributed by atoms with Crippen molar-refractivity contribution < 1.29 is 9.90 Å². The topological polar surface area (TPSA) is 75.3 Å². The molecule has 0 aliphatic carbocycles. The average Bonchev–Trinajstić information content (AvgIpc) is 2.16. The van der Waals surface area contributed by atoms with Crippen LogP contribution in [0.4, 0.5) is 0 Å². The van der Waals surface area contributed by atoms with Gasteiger partial charge in [-0.3, -0.25) is 4.79 Å². The van der Waals surface area contributed by atoms with Crippen LogP contribution in [0.25, 0.3) is 0 Å². The Labute approximate surface area is 92.2 Å². The molecule has 0 aromatic rings. The lowest BCUT2D eigenvalue weighted by Gasteiger charge is -2.22. The number of carbonyl (C=O) groups excluding carboxylic acids is 1. The smallest absolute Gasteiger partial charge is 0.250 e. The lowest BCUT2D eigenvalue weighted by molar-refractivity contribution is -0.131. The summed E-state index contributed by atoms with van der Waals surface area (Å²) in [4.78, 5) is 11.5. The second kappa shape index (κ2) is 6.80. The van der Waals surface area contributed by atoms with Crippen molar-refractivity contribution in [3.8, 4) is 0 Å². The maximum atomic E-state index is 11.5. The Morgan fingerprint density at radius 1 is 1.40 bits per heavy atom. The van der Waals surface area contributed by atoms with Gasteiger partial charge >= 0.3 is 0 Å². The van der Waals surface area contributed by atoms with Gasteiger partial charge in [0, 0.05) is 12.1 Å². The summed E-state index contributed by atoms with van der Waals surface area (Å²) in [6.07, 6.45) is 0.432. The number of carbonyl (C=O) groups is 1. The van der Waals surface area contributed by atoms with E-state index in [-0.39, 0.29) is 11.9 Å². The van der Waals surface area contributed by atoms with E-state index in [2.05, 4.69) is 5.32 Å². The van der Waals surface area contributed by atoms with Crippen LogP contribution >= 0.6 is 0 Å². The molecule has 0 radical (unpaired) electrons. The monoisotopic (exact) mass is 216 g/mol. The fraction of sp³-hybridized carbons (Fsp3) is 0.909. The van der Waals surface area contributed by atoms with E-state index in [9.17, 15) is 9.90 Å². The van der Waals surface area contributed by atoms with Gasteiger partial charge in [0.05, 0.1) is 0 Å². The van der Waals surface area contributed by atoms with Crippen molar-refractivity contribution in [1.82, 2.24) is 5.32 Å². The largest absolute Gasteiger partial charge is 0.382 e. The zero-order chi connectivity index (χ0) is 12.0. The number of amides is 1. The first-order valence-corrected chi connectivity index (χ1v) is 5.64. The molecule has 3 atom stereocenters. The van der Waals surface area contributed by atoms with Crippen LogP contribution in [0.5, 0.6) is 0 Å². The summed E-state index contributed by atoms with van der Waals surface area (Å²) in [5, 5.41) is 12.4. The summed E-state index contributed by atoms with van der Waals surface area (Å²) in [5.74, 6) is -0.0132. The van der Waals surface area contributed by atoms with Gasteiger partial charge < -0.3 is 16.2 Å². The van der Waals surface area contributed by atoms with Gasteiger partial charge in [0.15, 0.2) is 0 Å². The molecule has 1 amide bonds. The highest BCUT2D eigenvalue weighted by Gasteiger charge is 2.23. The molecule has 0 aromatic heterocycles. The van der Waals surface area contributed by atoms with Crippen LogP contribution < -0.4 is 11.1 Å². The normalized spacial score (nSPS) is 17.3.